The molecule has 0 saturated heterocycles. The molecule has 132 valence electrons. The molecule has 1 N–H and O–H groups in total. The Balaban J connectivity index is 2.02. The van der Waals surface area contributed by atoms with Crippen molar-refractivity contribution in [3.05, 3.63) is 71.8 Å². The van der Waals surface area contributed by atoms with E-state index in [1.54, 1.807) is 0 Å². The van der Waals surface area contributed by atoms with Crippen LogP contribution in [0.25, 0.3) is 0 Å². The summed E-state index contributed by atoms with van der Waals surface area (Å²) in [4.78, 5) is 24.6. The molecule has 4 nitrogen and oxygen atoms in total. The molecule has 0 bridgehead atoms. The van der Waals surface area contributed by atoms with Gasteiger partial charge in [-0.15, -0.1) is 0 Å². The van der Waals surface area contributed by atoms with Crippen LogP contribution in [0.2, 0.25) is 0 Å². The lowest BCUT2D eigenvalue weighted by Gasteiger charge is -2.23. The van der Waals surface area contributed by atoms with E-state index in [1.165, 1.54) is 0 Å². The number of ether oxygens (including phenoxy) is 1. The summed E-state index contributed by atoms with van der Waals surface area (Å²) in [6.07, 6.45) is -0.298. The molecule has 1 atom stereocenters. The molecule has 25 heavy (non-hydrogen) atoms. The Bertz CT molecular complexity index is 690. The molecule has 0 saturated carbocycles. The highest BCUT2D eigenvalue weighted by molar-refractivity contribution is 5.84. The number of Topliss-reactive ketones (excluding diaryl/α,β-unsaturated/α-hetero) is 1. The van der Waals surface area contributed by atoms with Gasteiger partial charge in [0.05, 0.1) is 6.04 Å². The molecule has 0 aliphatic heterocycles. The predicted octanol–water partition coefficient (Wildman–Crippen LogP) is 4.66. The van der Waals surface area contributed by atoms with E-state index in [0.29, 0.717) is 0 Å². The second kappa shape index (κ2) is 8.47. The van der Waals surface area contributed by atoms with Crippen molar-refractivity contribution in [2.24, 2.45) is 5.41 Å². The van der Waals surface area contributed by atoms with Gasteiger partial charge in [0.1, 0.15) is 12.4 Å². The van der Waals surface area contributed by atoms with Crippen molar-refractivity contribution >= 4 is 11.9 Å². The first-order valence-electron chi connectivity index (χ1n) is 8.42. The molecular weight excluding hydrogens is 314 g/mol. The van der Waals surface area contributed by atoms with Crippen molar-refractivity contribution in [1.29, 1.82) is 0 Å². The van der Waals surface area contributed by atoms with E-state index in [1.807, 2.05) is 81.4 Å². The number of amides is 1. The molecule has 2 aromatic rings. The van der Waals surface area contributed by atoms with Gasteiger partial charge in [0, 0.05) is 11.8 Å². The van der Waals surface area contributed by atoms with Crippen LogP contribution in [-0.4, -0.2) is 11.9 Å². The van der Waals surface area contributed by atoms with E-state index >= 15 is 0 Å². The van der Waals surface area contributed by atoms with E-state index in [-0.39, 0.29) is 18.8 Å². The Morgan fingerprint density at radius 2 is 1.52 bits per heavy atom. The Kier molecular flexibility index (Phi) is 6.34. The maximum Gasteiger partial charge on any atom is 0.407 e. The number of nitrogens with one attached hydrogen (secondary N) is 1. The van der Waals surface area contributed by atoms with Crippen LogP contribution in [0.15, 0.2) is 60.7 Å². The minimum absolute atomic E-state index is 0.0877. The number of hydrogen-bond donors (Lipinski definition) is 1. The third-order valence-electron chi connectivity index (χ3n) is 3.93. The van der Waals surface area contributed by atoms with Gasteiger partial charge in [-0.3, -0.25) is 4.79 Å². The Hall–Kier alpha value is -2.62. The molecule has 0 fully saturated rings. The summed E-state index contributed by atoms with van der Waals surface area (Å²) in [6, 6.07) is 18.6. The summed E-state index contributed by atoms with van der Waals surface area (Å²) < 4.78 is 5.29. The van der Waals surface area contributed by atoms with Gasteiger partial charge in [0.2, 0.25) is 0 Å². The molecule has 0 aliphatic carbocycles. The number of hydrogen-bond acceptors (Lipinski definition) is 3. The Morgan fingerprint density at radius 1 is 0.960 bits per heavy atom. The smallest absolute Gasteiger partial charge is 0.407 e. The third-order valence-corrected chi connectivity index (χ3v) is 3.93. The predicted molar refractivity (Wildman–Crippen MR) is 98.0 cm³/mol. The van der Waals surface area contributed by atoms with Crippen LogP contribution in [-0.2, 0) is 16.1 Å². The summed E-state index contributed by atoms with van der Waals surface area (Å²) in [5, 5.41) is 2.82. The number of benzene rings is 2. The van der Waals surface area contributed by atoms with E-state index in [4.69, 9.17) is 4.74 Å². The van der Waals surface area contributed by atoms with Crippen LogP contribution < -0.4 is 5.32 Å². The number of alkyl carbamates (subject to hydrolysis) is 1. The van der Waals surface area contributed by atoms with Crippen LogP contribution in [0.5, 0.6) is 0 Å². The minimum atomic E-state index is -0.528. The SMILES string of the molecule is CC(C)(C)C(=O)CC(NC(=O)OCc1ccccc1)c1ccccc1. The maximum absolute atomic E-state index is 12.4. The molecule has 2 rings (SSSR count). The zero-order chi connectivity index (χ0) is 18.3. The number of carbonyl (C=O) groups is 2. The fourth-order valence-electron chi connectivity index (χ4n) is 2.34. The van der Waals surface area contributed by atoms with Gasteiger partial charge in [0.25, 0.3) is 0 Å². The molecule has 0 heterocycles. The van der Waals surface area contributed by atoms with Crippen LogP contribution in [0.1, 0.15) is 44.4 Å². The van der Waals surface area contributed by atoms with Crippen LogP contribution >= 0.6 is 0 Å². The molecule has 4 heteroatoms. The van der Waals surface area contributed by atoms with Gasteiger partial charge in [0.15, 0.2) is 0 Å². The van der Waals surface area contributed by atoms with Gasteiger partial charge in [-0.25, -0.2) is 4.79 Å². The summed E-state index contributed by atoms with van der Waals surface area (Å²) >= 11 is 0. The van der Waals surface area contributed by atoms with E-state index < -0.39 is 17.6 Å². The first-order valence-corrected chi connectivity index (χ1v) is 8.42. The van der Waals surface area contributed by atoms with Crippen LogP contribution in [0.4, 0.5) is 4.79 Å². The first-order chi connectivity index (χ1) is 11.9. The standard InChI is InChI=1S/C21H25NO3/c1-21(2,3)19(23)14-18(17-12-8-5-9-13-17)22-20(24)25-15-16-10-6-4-7-11-16/h4-13,18H,14-15H2,1-3H3,(H,22,24). The summed E-state index contributed by atoms with van der Waals surface area (Å²) in [7, 11) is 0. The molecule has 0 aliphatic rings. The second-order valence-electron chi connectivity index (χ2n) is 7.05. The highest BCUT2D eigenvalue weighted by atomic mass is 16.5. The lowest BCUT2D eigenvalue weighted by atomic mass is 9.85. The molecule has 0 radical (unpaired) electrons. The van der Waals surface area contributed by atoms with Crippen LogP contribution in [0, 0.1) is 5.41 Å². The van der Waals surface area contributed by atoms with Crippen molar-refractivity contribution in [1.82, 2.24) is 5.32 Å². The Labute approximate surface area is 149 Å². The zero-order valence-electron chi connectivity index (χ0n) is 15.0. The molecule has 1 amide bonds. The largest absolute Gasteiger partial charge is 0.445 e. The highest BCUT2D eigenvalue weighted by Crippen LogP contribution is 2.24. The maximum atomic E-state index is 12.4. The van der Waals surface area contributed by atoms with Crippen molar-refractivity contribution in [2.45, 2.75) is 39.8 Å². The fourth-order valence-corrected chi connectivity index (χ4v) is 2.34. The lowest BCUT2D eigenvalue weighted by molar-refractivity contribution is -0.126. The summed E-state index contributed by atoms with van der Waals surface area (Å²) in [6.45, 7) is 5.84. The summed E-state index contributed by atoms with van der Waals surface area (Å²) in [5.41, 5.74) is 1.35. The van der Waals surface area contributed by atoms with E-state index in [0.717, 1.165) is 11.1 Å². The number of ketones is 1. The third kappa shape index (κ3) is 6.07. The normalized spacial score (nSPS) is 12.3. The van der Waals surface area contributed by atoms with Gasteiger partial charge >= 0.3 is 6.09 Å². The average Bonchev–Trinajstić information content (AvgIpc) is 2.60. The van der Waals surface area contributed by atoms with Crippen molar-refractivity contribution in [3.63, 3.8) is 0 Å². The van der Waals surface area contributed by atoms with Crippen molar-refractivity contribution < 1.29 is 14.3 Å². The van der Waals surface area contributed by atoms with Gasteiger partial charge in [-0.05, 0) is 11.1 Å². The van der Waals surface area contributed by atoms with Gasteiger partial charge < -0.3 is 10.1 Å². The van der Waals surface area contributed by atoms with Crippen molar-refractivity contribution in [3.8, 4) is 0 Å². The average molecular weight is 339 g/mol. The van der Waals surface area contributed by atoms with E-state index in [2.05, 4.69) is 5.32 Å². The molecule has 1 unspecified atom stereocenters. The molecule has 2 aromatic carbocycles. The lowest BCUT2D eigenvalue weighted by Crippen LogP contribution is -2.33. The van der Waals surface area contributed by atoms with Gasteiger partial charge in [-0.1, -0.05) is 81.4 Å². The summed E-state index contributed by atoms with van der Waals surface area (Å²) in [5.74, 6) is 0.0877. The second-order valence-corrected chi connectivity index (χ2v) is 7.05. The fraction of sp³-hybridized carbons (Fsp3) is 0.333. The molecule has 0 spiro atoms. The number of rotatable bonds is 6. The van der Waals surface area contributed by atoms with Crippen molar-refractivity contribution in [2.75, 3.05) is 0 Å². The van der Waals surface area contributed by atoms with Gasteiger partial charge in [-0.2, -0.15) is 0 Å². The monoisotopic (exact) mass is 339 g/mol. The highest BCUT2D eigenvalue weighted by Gasteiger charge is 2.26. The molecule has 0 aromatic heterocycles. The van der Waals surface area contributed by atoms with Crippen LogP contribution in [0.3, 0.4) is 0 Å². The Morgan fingerprint density at radius 3 is 2.08 bits per heavy atom. The first kappa shape index (κ1) is 18.7. The van der Waals surface area contributed by atoms with E-state index in [9.17, 15) is 9.59 Å². The zero-order valence-corrected chi connectivity index (χ0v) is 15.0. The quantitative estimate of drug-likeness (QED) is 0.833. The number of carbonyl (C=O) groups excluding carboxylic acids is 2. The molecular formula is C21H25NO3. The minimum Gasteiger partial charge on any atom is -0.445 e. The topological polar surface area (TPSA) is 55.4 Å².